The van der Waals surface area contributed by atoms with Crippen LogP contribution in [0.5, 0.6) is 0 Å². The number of carbonyl (C=O) groups is 3. The van der Waals surface area contributed by atoms with Crippen molar-refractivity contribution >= 4 is 17.9 Å². The van der Waals surface area contributed by atoms with Crippen LogP contribution in [0.2, 0.25) is 0 Å². The second-order valence-corrected chi connectivity index (χ2v) is 16.7. The Morgan fingerprint density at radius 1 is 0.849 bits per heavy atom. The maximum Gasteiger partial charge on any atom is 0.407 e. The van der Waals surface area contributed by atoms with Gasteiger partial charge in [-0.2, -0.15) is 0 Å². The SMILES string of the molecule is COC(=O)N[C@H](C(=O)N1C2CC2C[C@H]1c1ncc(-c2ccc(-c3ccc4c(c3)CCc3[nH]c([C@@H]5C[C@H]6C[C@H]6N5C(=O)CC(C)C)nc3-4)cc2)[nH]1)C(C)C. The topological polar surface area (TPSA) is 136 Å². The first kappa shape index (κ1) is 33.9. The molecule has 0 radical (unpaired) electrons. The minimum atomic E-state index is -0.659. The van der Waals surface area contributed by atoms with E-state index in [1.807, 2.05) is 24.9 Å². The molecule has 53 heavy (non-hydrogen) atoms. The molecule has 3 amide bonds. The lowest BCUT2D eigenvalue weighted by atomic mass is 9.89. The van der Waals surface area contributed by atoms with E-state index in [-0.39, 0.29) is 35.9 Å². The third-order valence-electron chi connectivity index (χ3n) is 12.3. The van der Waals surface area contributed by atoms with E-state index >= 15 is 0 Å². The zero-order valence-corrected chi connectivity index (χ0v) is 31.2. The van der Waals surface area contributed by atoms with E-state index in [0.29, 0.717) is 30.2 Å². The predicted molar refractivity (Wildman–Crippen MR) is 200 cm³/mol. The summed E-state index contributed by atoms with van der Waals surface area (Å²) in [4.78, 5) is 60.2. The van der Waals surface area contributed by atoms with Gasteiger partial charge in [0, 0.05) is 29.8 Å². The quantitative estimate of drug-likeness (QED) is 0.171. The maximum absolute atomic E-state index is 13.8. The summed E-state index contributed by atoms with van der Waals surface area (Å²) in [6.45, 7) is 8.10. The van der Waals surface area contributed by atoms with Crippen LogP contribution < -0.4 is 5.32 Å². The first-order chi connectivity index (χ1) is 25.6. The van der Waals surface area contributed by atoms with Crippen molar-refractivity contribution in [2.45, 2.75) is 103 Å². The first-order valence-electron chi connectivity index (χ1n) is 19.4. The molecule has 11 heteroatoms. The Morgan fingerprint density at radius 3 is 2.23 bits per heavy atom. The molecule has 11 nitrogen and oxygen atoms in total. The number of benzene rings is 2. The number of likely N-dealkylation sites (tertiary alicyclic amines) is 2. The molecule has 276 valence electrons. The standard InChI is InChI=1S/C42H49N7O4/c1-21(2)14-36(50)48-32-16-27(32)19-35(48)40-44-30-13-11-26-15-25(10-12-29(26)38(30)46-40)23-6-8-24(9-7-23)31-20-43-39(45-31)34-18-28-17-33(28)49(34)41(51)37(22(3)4)47-42(52)53-5/h6-10,12,15,20-22,27-28,32-35,37H,11,13-14,16-19H2,1-5H3,(H,43,45)(H,44,46)(H,47,52)/t27-,28?,32-,33?,34+,35+,37+/m1/s1. The number of methoxy groups -OCH3 is 1. The van der Waals surface area contributed by atoms with Gasteiger partial charge >= 0.3 is 6.09 Å². The van der Waals surface area contributed by atoms with Crippen LogP contribution in [0.15, 0.2) is 48.7 Å². The molecule has 3 aliphatic carbocycles. The van der Waals surface area contributed by atoms with Gasteiger partial charge in [-0.15, -0.1) is 0 Å². The smallest absolute Gasteiger partial charge is 0.407 e. The lowest BCUT2D eigenvalue weighted by Crippen LogP contribution is -2.52. The number of alkyl carbamates (subject to hydrolysis) is 1. The fourth-order valence-corrected chi connectivity index (χ4v) is 9.35. The third kappa shape index (κ3) is 6.02. The number of nitrogens with zero attached hydrogens (tertiary/aromatic N) is 4. The number of aryl methyl sites for hydroxylation is 2. The molecule has 2 aromatic heterocycles. The normalized spacial score (nSPS) is 25.5. The number of hydrogen-bond donors (Lipinski definition) is 3. The summed E-state index contributed by atoms with van der Waals surface area (Å²) in [6.07, 6.45) is 7.70. The first-order valence-corrected chi connectivity index (χ1v) is 19.4. The lowest BCUT2D eigenvalue weighted by Gasteiger charge is -2.31. The number of piperidine rings is 2. The third-order valence-corrected chi connectivity index (χ3v) is 12.3. The van der Waals surface area contributed by atoms with E-state index < -0.39 is 12.1 Å². The molecule has 2 saturated heterocycles. The Hall–Kier alpha value is -4.93. The van der Waals surface area contributed by atoms with Gasteiger partial charge in [0.05, 0.1) is 36.8 Å². The summed E-state index contributed by atoms with van der Waals surface area (Å²) in [5.41, 5.74) is 8.93. The van der Waals surface area contributed by atoms with E-state index in [0.717, 1.165) is 72.7 Å². The monoisotopic (exact) mass is 715 g/mol. The van der Waals surface area contributed by atoms with Gasteiger partial charge in [0.15, 0.2) is 0 Å². The Kier molecular flexibility index (Phi) is 8.23. The number of amides is 3. The molecule has 0 spiro atoms. The van der Waals surface area contributed by atoms with Crippen LogP contribution >= 0.6 is 0 Å². The van der Waals surface area contributed by atoms with Gasteiger partial charge in [-0.05, 0) is 84.5 Å². The van der Waals surface area contributed by atoms with Gasteiger partial charge in [-0.25, -0.2) is 14.8 Å². The highest BCUT2D eigenvalue weighted by Gasteiger charge is 2.57. The molecule has 2 unspecified atom stereocenters. The van der Waals surface area contributed by atoms with Crippen LogP contribution in [0, 0.1) is 23.7 Å². The van der Waals surface area contributed by atoms with Crippen molar-refractivity contribution in [3.63, 3.8) is 0 Å². The van der Waals surface area contributed by atoms with Crippen LogP contribution in [-0.4, -0.2) is 72.9 Å². The summed E-state index contributed by atoms with van der Waals surface area (Å²) in [5, 5.41) is 2.75. The summed E-state index contributed by atoms with van der Waals surface area (Å²) in [5.74, 6) is 3.27. The second kappa shape index (κ2) is 12.9. The molecule has 7 atom stereocenters. The van der Waals surface area contributed by atoms with Crippen molar-refractivity contribution in [1.82, 2.24) is 35.1 Å². The van der Waals surface area contributed by atoms with Gasteiger partial charge in [0.1, 0.15) is 17.7 Å². The molecule has 9 rings (SSSR count). The number of H-pyrrole nitrogens is 2. The van der Waals surface area contributed by atoms with Crippen molar-refractivity contribution < 1.29 is 19.1 Å². The van der Waals surface area contributed by atoms with Crippen LogP contribution in [0.4, 0.5) is 4.79 Å². The minimum absolute atomic E-state index is 0.0561. The maximum atomic E-state index is 13.8. The van der Waals surface area contributed by atoms with Crippen LogP contribution in [0.25, 0.3) is 33.6 Å². The molecule has 4 aromatic rings. The number of aromatic nitrogens is 4. The number of imidazole rings is 2. The second-order valence-electron chi connectivity index (χ2n) is 16.7. The zero-order valence-electron chi connectivity index (χ0n) is 31.2. The van der Waals surface area contributed by atoms with E-state index in [4.69, 9.17) is 14.7 Å². The molecule has 4 heterocycles. The number of nitrogens with one attached hydrogen (secondary N) is 3. The largest absolute Gasteiger partial charge is 0.453 e. The Morgan fingerprint density at radius 2 is 1.53 bits per heavy atom. The number of ether oxygens (including phenoxy) is 1. The molecule has 2 saturated carbocycles. The fraction of sp³-hybridized carbons (Fsp3) is 0.500. The summed E-state index contributed by atoms with van der Waals surface area (Å²) in [7, 11) is 1.31. The lowest BCUT2D eigenvalue weighted by molar-refractivity contribution is -0.137. The zero-order chi connectivity index (χ0) is 36.7. The number of aromatic amines is 2. The van der Waals surface area contributed by atoms with Crippen molar-refractivity contribution in [1.29, 1.82) is 0 Å². The molecule has 2 aromatic carbocycles. The van der Waals surface area contributed by atoms with Crippen molar-refractivity contribution in [2.75, 3.05) is 7.11 Å². The number of rotatable bonds is 9. The molecule has 3 N–H and O–H groups in total. The van der Waals surface area contributed by atoms with Gasteiger partial charge in [-0.1, -0.05) is 70.2 Å². The highest BCUT2D eigenvalue weighted by atomic mass is 16.5. The average Bonchev–Trinajstić information content (AvgIpc) is 3.76. The summed E-state index contributed by atoms with van der Waals surface area (Å²) >= 11 is 0. The predicted octanol–water partition coefficient (Wildman–Crippen LogP) is 6.98. The number of fused-ring (bicyclic) bond motifs is 5. The highest BCUT2D eigenvalue weighted by Crippen LogP contribution is 2.55. The van der Waals surface area contributed by atoms with Crippen LogP contribution in [0.1, 0.15) is 94.8 Å². The van der Waals surface area contributed by atoms with E-state index in [1.54, 1.807) is 0 Å². The molecule has 0 bridgehead atoms. The van der Waals surface area contributed by atoms with Crippen LogP contribution in [-0.2, 0) is 27.2 Å². The number of carbonyl (C=O) groups excluding carboxylic acids is 3. The molecule has 5 aliphatic rings. The Labute approximate surface area is 310 Å². The summed E-state index contributed by atoms with van der Waals surface area (Å²) in [6, 6.07) is 15.1. The minimum Gasteiger partial charge on any atom is -0.453 e. The van der Waals surface area contributed by atoms with Crippen molar-refractivity contribution in [3.05, 3.63) is 71.6 Å². The fourth-order valence-electron chi connectivity index (χ4n) is 9.35. The molecule has 4 fully saturated rings. The van der Waals surface area contributed by atoms with Gasteiger partial charge in [0.2, 0.25) is 11.8 Å². The average molecular weight is 716 g/mol. The van der Waals surface area contributed by atoms with E-state index in [2.05, 4.69) is 76.5 Å². The van der Waals surface area contributed by atoms with E-state index in [9.17, 15) is 14.4 Å². The highest BCUT2D eigenvalue weighted by molar-refractivity contribution is 5.87. The Balaban J connectivity index is 0.905. The van der Waals surface area contributed by atoms with E-state index in [1.165, 1.54) is 29.5 Å². The van der Waals surface area contributed by atoms with Gasteiger partial charge in [0.25, 0.3) is 0 Å². The molecule has 2 aliphatic heterocycles. The van der Waals surface area contributed by atoms with Crippen LogP contribution in [0.3, 0.4) is 0 Å². The van der Waals surface area contributed by atoms with Crippen molar-refractivity contribution in [3.8, 4) is 33.6 Å². The number of hydrogen-bond acceptors (Lipinski definition) is 6. The molecular weight excluding hydrogens is 667 g/mol. The van der Waals surface area contributed by atoms with Gasteiger partial charge < -0.3 is 29.8 Å². The van der Waals surface area contributed by atoms with Gasteiger partial charge in [-0.3, -0.25) is 9.59 Å². The van der Waals surface area contributed by atoms with Crippen molar-refractivity contribution in [2.24, 2.45) is 23.7 Å². The molecular formula is C42H49N7O4. The Bertz CT molecular complexity index is 2080. The summed E-state index contributed by atoms with van der Waals surface area (Å²) < 4.78 is 4.80.